The zero-order chi connectivity index (χ0) is 22.0. The molecular formula is C20H20N2O7S. The van der Waals surface area contributed by atoms with Crippen molar-refractivity contribution >= 4 is 33.5 Å². The van der Waals surface area contributed by atoms with E-state index in [9.17, 15) is 19.5 Å². The monoisotopic (exact) mass is 432 g/mol. The zero-order valence-electron chi connectivity index (χ0n) is 16.6. The third-order valence-corrected chi connectivity index (χ3v) is 5.83. The molecule has 3 rings (SSSR count). The van der Waals surface area contributed by atoms with Crippen molar-refractivity contribution in [1.82, 2.24) is 9.55 Å². The number of benzene rings is 1. The third-order valence-electron chi connectivity index (χ3n) is 4.66. The second kappa shape index (κ2) is 8.54. The van der Waals surface area contributed by atoms with Crippen LogP contribution in [0, 0.1) is 6.92 Å². The van der Waals surface area contributed by atoms with Gasteiger partial charge in [0, 0.05) is 18.5 Å². The second-order valence-electron chi connectivity index (χ2n) is 6.50. The van der Waals surface area contributed by atoms with Gasteiger partial charge in [-0.3, -0.25) is 14.2 Å². The highest BCUT2D eigenvalue weighted by Gasteiger charge is 2.22. The average Bonchev–Trinajstić information content (AvgIpc) is 3.05. The predicted molar refractivity (Wildman–Crippen MR) is 111 cm³/mol. The minimum absolute atomic E-state index is 0.0520. The molecule has 0 bridgehead atoms. The van der Waals surface area contributed by atoms with Gasteiger partial charge in [-0.1, -0.05) is 0 Å². The van der Waals surface area contributed by atoms with Crippen LogP contribution in [0.4, 0.5) is 0 Å². The molecule has 9 nitrogen and oxygen atoms in total. The highest BCUT2D eigenvalue weighted by Crippen LogP contribution is 2.33. The van der Waals surface area contributed by atoms with E-state index >= 15 is 0 Å². The van der Waals surface area contributed by atoms with Crippen molar-refractivity contribution in [3.05, 3.63) is 39.0 Å². The van der Waals surface area contributed by atoms with Crippen molar-refractivity contribution in [2.45, 2.75) is 26.3 Å². The van der Waals surface area contributed by atoms with Gasteiger partial charge in [0.15, 0.2) is 11.5 Å². The number of ether oxygens (including phenoxy) is 2. The Morgan fingerprint density at radius 3 is 2.47 bits per heavy atom. The predicted octanol–water partition coefficient (Wildman–Crippen LogP) is 3.01. The number of fused-ring (bicyclic) bond motifs is 1. The summed E-state index contributed by atoms with van der Waals surface area (Å²) in [5.74, 6) is -0.848. The molecule has 158 valence electrons. The number of aliphatic carboxylic acids is 1. The van der Waals surface area contributed by atoms with Gasteiger partial charge in [0.1, 0.15) is 15.5 Å². The van der Waals surface area contributed by atoms with Crippen molar-refractivity contribution < 1.29 is 29.3 Å². The molecule has 0 aliphatic carbocycles. The van der Waals surface area contributed by atoms with Gasteiger partial charge in [-0.25, -0.2) is 9.78 Å². The van der Waals surface area contributed by atoms with E-state index in [0.717, 1.165) is 11.3 Å². The minimum atomic E-state index is -1.13. The molecule has 0 atom stereocenters. The molecule has 30 heavy (non-hydrogen) atoms. The molecule has 2 N–H and O–H groups in total. The quantitative estimate of drug-likeness (QED) is 0.556. The van der Waals surface area contributed by atoms with Crippen LogP contribution >= 0.6 is 11.3 Å². The SMILES string of the molecule is COc1ccc(-c2nc3sc(C(=O)O)c(C)c3c(=O)n2CCCC(=O)O)cc1OC. The van der Waals surface area contributed by atoms with E-state index < -0.39 is 17.5 Å². The lowest BCUT2D eigenvalue weighted by molar-refractivity contribution is -0.137. The molecule has 10 heteroatoms. The van der Waals surface area contributed by atoms with E-state index in [0.29, 0.717) is 33.3 Å². The lowest BCUT2D eigenvalue weighted by atomic mass is 10.1. The Bertz CT molecular complexity index is 1200. The van der Waals surface area contributed by atoms with Crippen molar-refractivity contribution in [3.63, 3.8) is 0 Å². The summed E-state index contributed by atoms with van der Waals surface area (Å²) in [5.41, 5.74) is 0.507. The molecule has 2 heterocycles. The Hall–Kier alpha value is -3.40. The summed E-state index contributed by atoms with van der Waals surface area (Å²) >= 11 is 0.936. The highest BCUT2D eigenvalue weighted by molar-refractivity contribution is 7.20. The number of thiophene rings is 1. The van der Waals surface area contributed by atoms with E-state index in [2.05, 4.69) is 4.98 Å². The van der Waals surface area contributed by atoms with Gasteiger partial charge >= 0.3 is 11.9 Å². The first-order valence-electron chi connectivity index (χ1n) is 8.99. The van der Waals surface area contributed by atoms with Gasteiger partial charge in [-0.05, 0) is 37.1 Å². The van der Waals surface area contributed by atoms with E-state index in [-0.39, 0.29) is 29.6 Å². The summed E-state index contributed by atoms with van der Waals surface area (Å²) in [6.07, 6.45) is 0.108. The molecule has 1 aromatic carbocycles. The van der Waals surface area contributed by atoms with Gasteiger partial charge < -0.3 is 19.7 Å². The van der Waals surface area contributed by atoms with Gasteiger partial charge in [-0.15, -0.1) is 11.3 Å². The topological polar surface area (TPSA) is 128 Å². The summed E-state index contributed by atoms with van der Waals surface area (Å²) in [6.45, 7) is 1.69. The van der Waals surface area contributed by atoms with Crippen molar-refractivity contribution in [2.24, 2.45) is 0 Å². The van der Waals surface area contributed by atoms with Crippen LogP contribution in [0.1, 0.15) is 28.1 Å². The van der Waals surface area contributed by atoms with Crippen LogP contribution in [0.25, 0.3) is 21.6 Å². The molecule has 0 radical (unpaired) electrons. The van der Waals surface area contributed by atoms with E-state index in [4.69, 9.17) is 14.6 Å². The molecular weight excluding hydrogens is 412 g/mol. The molecule has 0 aliphatic rings. The Balaban J connectivity index is 2.26. The smallest absolute Gasteiger partial charge is 0.346 e. The number of hydrogen-bond acceptors (Lipinski definition) is 7. The molecule has 0 aliphatic heterocycles. The number of methoxy groups -OCH3 is 2. The number of nitrogens with zero attached hydrogens (tertiary/aromatic N) is 2. The Labute approximate surface area is 175 Å². The second-order valence-corrected chi connectivity index (χ2v) is 7.50. The fraction of sp³-hybridized carbons (Fsp3) is 0.300. The molecule has 0 spiro atoms. The molecule has 2 aromatic heterocycles. The molecule has 0 fully saturated rings. The third kappa shape index (κ3) is 3.86. The van der Waals surface area contributed by atoms with Crippen LogP contribution < -0.4 is 15.0 Å². The molecule has 0 saturated heterocycles. The fourth-order valence-electron chi connectivity index (χ4n) is 3.21. The highest BCUT2D eigenvalue weighted by atomic mass is 32.1. The van der Waals surface area contributed by atoms with Crippen LogP contribution in [-0.2, 0) is 11.3 Å². The van der Waals surface area contributed by atoms with E-state index in [1.807, 2.05) is 0 Å². The van der Waals surface area contributed by atoms with E-state index in [1.165, 1.54) is 18.8 Å². The summed E-state index contributed by atoms with van der Waals surface area (Å²) in [7, 11) is 2.99. The number of aromatic carboxylic acids is 1. The maximum absolute atomic E-state index is 13.3. The van der Waals surface area contributed by atoms with E-state index in [1.54, 1.807) is 25.1 Å². The average molecular weight is 432 g/mol. The fourth-order valence-corrected chi connectivity index (χ4v) is 4.22. The lowest BCUT2D eigenvalue weighted by Gasteiger charge is -2.14. The first-order valence-corrected chi connectivity index (χ1v) is 9.81. The molecule has 0 unspecified atom stereocenters. The summed E-state index contributed by atoms with van der Waals surface area (Å²) in [5, 5.41) is 18.6. The van der Waals surface area contributed by atoms with Gasteiger partial charge in [0.2, 0.25) is 0 Å². The van der Waals surface area contributed by atoms with Gasteiger partial charge in [0.05, 0.1) is 19.6 Å². The first kappa shape index (κ1) is 21.3. The van der Waals surface area contributed by atoms with Crippen LogP contribution in [-0.4, -0.2) is 45.9 Å². The number of carboxylic acids is 2. The summed E-state index contributed by atoms with van der Waals surface area (Å²) in [4.78, 5) is 40.7. The minimum Gasteiger partial charge on any atom is -0.493 e. The van der Waals surface area contributed by atoms with Gasteiger partial charge in [-0.2, -0.15) is 0 Å². The van der Waals surface area contributed by atoms with Gasteiger partial charge in [0.25, 0.3) is 5.56 Å². The maximum Gasteiger partial charge on any atom is 0.346 e. The van der Waals surface area contributed by atoms with Crippen LogP contribution in [0.2, 0.25) is 0 Å². The lowest BCUT2D eigenvalue weighted by Crippen LogP contribution is -2.24. The largest absolute Gasteiger partial charge is 0.493 e. The summed E-state index contributed by atoms with van der Waals surface area (Å²) < 4.78 is 12.0. The number of carbonyl (C=O) groups is 2. The zero-order valence-corrected chi connectivity index (χ0v) is 17.4. The maximum atomic E-state index is 13.3. The number of aryl methyl sites for hydroxylation is 1. The standard InChI is InChI=1S/C20H20N2O7S/c1-10-15-18(30-16(10)20(26)27)21-17(22(19(15)25)8-4-5-14(23)24)11-6-7-12(28-2)13(9-11)29-3/h6-7,9H,4-5,8H2,1-3H3,(H,23,24)(H,26,27). The Morgan fingerprint density at radius 1 is 1.17 bits per heavy atom. The molecule has 3 aromatic rings. The van der Waals surface area contributed by atoms with Crippen LogP contribution in [0.3, 0.4) is 0 Å². The Morgan fingerprint density at radius 2 is 1.87 bits per heavy atom. The molecule has 0 saturated carbocycles. The summed E-state index contributed by atoms with van der Waals surface area (Å²) in [6, 6.07) is 5.05. The van der Waals surface area contributed by atoms with Crippen LogP contribution in [0.15, 0.2) is 23.0 Å². The number of rotatable bonds is 8. The van der Waals surface area contributed by atoms with Crippen molar-refractivity contribution in [3.8, 4) is 22.9 Å². The first-order chi connectivity index (χ1) is 14.3. The van der Waals surface area contributed by atoms with Crippen molar-refractivity contribution in [1.29, 1.82) is 0 Å². The van der Waals surface area contributed by atoms with Crippen LogP contribution in [0.5, 0.6) is 11.5 Å². The number of hydrogen-bond donors (Lipinski definition) is 2. The van der Waals surface area contributed by atoms with Crippen molar-refractivity contribution in [2.75, 3.05) is 14.2 Å². The normalized spacial score (nSPS) is 10.9. The number of carboxylic acid groups (broad SMARTS) is 2. The Kier molecular flexibility index (Phi) is 6.06. The number of aromatic nitrogens is 2. The molecule has 0 amide bonds.